The predicted molar refractivity (Wildman–Crippen MR) is 74.1 cm³/mol. The summed E-state index contributed by atoms with van der Waals surface area (Å²) in [7, 11) is 0. The molecule has 0 aliphatic carbocycles. The molecule has 2 amide bonds. The van der Waals surface area contributed by atoms with Gasteiger partial charge in [0.05, 0.1) is 13.2 Å². The molecule has 0 bridgehead atoms. The number of nitriles is 1. The lowest BCUT2D eigenvalue weighted by molar-refractivity contribution is -0.126. The monoisotopic (exact) mass is 310 g/mol. The number of nitrogens with one attached hydrogen (secondary N) is 2. The highest BCUT2D eigenvalue weighted by Gasteiger charge is 2.42. The van der Waals surface area contributed by atoms with Gasteiger partial charge >= 0.3 is 11.6 Å². The van der Waals surface area contributed by atoms with Gasteiger partial charge < -0.3 is 20.8 Å². The molecule has 0 aliphatic heterocycles. The minimum Gasteiger partial charge on any atom is -0.395 e. The fourth-order valence-corrected chi connectivity index (χ4v) is 1.11. The Balaban J connectivity index is 5.23. The van der Waals surface area contributed by atoms with Gasteiger partial charge in [-0.25, -0.2) is 6.57 Å². The molecule has 10 nitrogen and oxygen atoms in total. The van der Waals surface area contributed by atoms with Crippen LogP contribution in [0, 0.1) is 17.9 Å². The van der Waals surface area contributed by atoms with Crippen LogP contribution in [0.1, 0.15) is 13.8 Å². The molecule has 0 rings (SSSR count). The summed E-state index contributed by atoms with van der Waals surface area (Å²) >= 11 is 0. The summed E-state index contributed by atoms with van der Waals surface area (Å²) in [6, 6.07) is 1.64. The zero-order valence-corrected chi connectivity index (χ0v) is 12.3. The van der Waals surface area contributed by atoms with Crippen molar-refractivity contribution in [3.8, 4) is 6.07 Å². The van der Waals surface area contributed by atoms with Gasteiger partial charge in [-0.1, -0.05) is 5.11 Å². The van der Waals surface area contributed by atoms with E-state index in [-0.39, 0.29) is 26.3 Å². The summed E-state index contributed by atoms with van der Waals surface area (Å²) in [6.07, 6.45) is 0. The van der Waals surface area contributed by atoms with Gasteiger partial charge in [0.15, 0.2) is 0 Å². The Bertz CT molecular complexity index is 477. The van der Waals surface area contributed by atoms with Gasteiger partial charge in [-0.15, -0.1) is 0 Å². The average molecular weight is 310 g/mol. The lowest BCUT2D eigenvalue weighted by Crippen LogP contribution is -2.45. The molecule has 0 aliphatic rings. The number of carbonyl (C=O) groups excluding carboxylic acids is 2. The molecule has 0 saturated carbocycles. The highest BCUT2D eigenvalue weighted by atomic mass is 16.3. The third-order valence-electron chi connectivity index (χ3n) is 2.55. The highest BCUT2D eigenvalue weighted by Crippen LogP contribution is 2.18. The third kappa shape index (κ3) is 5.09. The summed E-state index contributed by atoms with van der Waals surface area (Å²) in [5, 5.41) is 37.9. The van der Waals surface area contributed by atoms with E-state index >= 15 is 0 Å². The molecule has 10 heteroatoms. The molecule has 0 aromatic heterocycles. The van der Waals surface area contributed by atoms with E-state index in [4.69, 9.17) is 22.0 Å². The number of amides is 2. The Labute approximate surface area is 127 Å². The molecule has 0 fully saturated rings. The first-order valence-electron chi connectivity index (χ1n) is 6.32. The highest BCUT2D eigenvalue weighted by molar-refractivity contribution is 5.89. The molecule has 0 aromatic rings. The number of aliphatic hydroxyl groups excluding tert-OH is 2. The van der Waals surface area contributed by atoms with Crippen molar-refractivity contribution in [1.82, 2.24) is 10.6 Å². The number of carbonyl (C=O) groups is 2. The second kappa shape index (κ2) is 8.67. The van der Waals surface area contributed by atoms with Crippen LogP contribution in [0.2, 0.25) is 0 Å². The van der Waals surface area contributed by atoms with E-state index in [1.54, 1.807) is 6.07 Å². The number of azo groups is 1. The molecule has 2 unspecified atom stereocenters. The number of aliphatic hydroxyl groups is 2. The van der Waals surface area contributed by atoms with E-state index in [9.17, 15) is 9.59 Å². The maximum atomic E-state index is 11.8. The Hall–Kier alpha value is -2.56. The largest absolute Gasteiger partial charge is 0.415 e. The minimum absolute atomic E-state index is 0.0635. The lowest BCUT2D eigenvalue weighted by atomic mass is 10.1. The maximum absolute atomic E-state index is 11.8. The van der Waals surface area contributed by atoms with Crippen LogP contribution in [0.5, 0.6) is 0 Å². The van der Waals surface area contributed by atoms with E-state index in [1.165, 1.54) is 13.8 Å². The number of hydrogen-bond acceptors (Lipinski definition) is 7. The Morgan fingerprint density at radius 3 is 2.09 bits per heavy atom. The smallest absolute Gasteiger partial charge is 0.395 e. The van der Waals surface area contributed by atoms with Crippen molar-refractivity contribution in [2.45, 2.75) is 25.0 Å². The van der Waals surface area contributed by atoms with E-state index < -0.39 is 23.0 Å². The van der Waals surface area contributed by atoms with Crippen LogP contribution in [0.25, 0.3) is 4.85 Å². The van der Waals surface area contributed by atoms with Gasteiger partial charge in [-0.2, -0.15) is 10.4 Å². The Morgan fingerprint density at radius 2 is 1.68 bits per heavy atom. The van der Waals surface area contributed by atoms with Gasteiger partial charge in [0.25, 0.3) is 5.91 Å². The summed E-state index contributed by atoms with van der Waals surface area (Å²) in [4.78, 5) is 26.6. The van der Waals surface area contributed by atoms with Gasteiger partial charge in [-0.05, 0) is 6.92 Å². The van der Waals surface area contributed by atoms with Crippen LogP contribution in [-0.2, 0) is 9.59 Å². The summed E-state index contributed by atoms with van der Waals surface area (Å²) in [6.45, 7) is 8.62. The normalized spacial score (nSPS) is 15.9. The van der Waals surface area contributed by atoms with Crippen molar-refractivity contribution in [1.29, 1.82) is 5.26 Å². The Morgan fingerprint density at radius 1 is 1.18 bits per heavy atom. The molecule has 120 valence electrons. The second-order valence-corrected chi connectivity index (χ2v) is 4.48. The van der Waals surface area contributed by atoms with Crippen LogP contribution in [0.3, 0.4) is 0 Å². The van der Waals surface area contributed by atoms with Crippen LogP contribution in [-0.4, -0.2) is 59.5 Å². The fourth-order valence-electron chi connectivity index (χ4n) is 1.11. The lowest BCUT2D eigenvalue weighted by Gasteiger charge is -2.16. The molecule has 22 heavy (non-hydrogen) atoms. The zero-order valence-electron chi connectivity index (χ0n) is 12.3. The third-order valence-corrected chi connectivity index (χ3v) is 2.55. The predicted octanol–water partition coefficient (Wildman–Crippen LogP) is -1.43. The molecular formula is C12H18N6O4. The van der Waals surface area contributed by atoms with Crippen molar-refractivity contribution in [2.24, 2.45) is 10.2 Å². The van der Waals surface area contributed by atoms with Crippen LogP contribution < -0.4 is 10.6 Å². The maximum Gasteiger partial charge on any atom is 0.415 e. The SMILES string of the molecule is [C-]#[N+]C(C)(/N=N/C(C)(C#N)C(=O)NCCO)C(=O)NCCO. The topological polar surface area (TPSA) is 152 Å². The minimum atomic E-state index is -1.95. The standard InChI is InChI=1S/C12H18N6O4/c1-11(8-13,9(21)15-4-6-19)17-18-12(2,14-3)10(22)16-5-7-20/h19-20H,4-7H2,1-2H3,(H,15,21)(H,16,22)/b18-17+. The number of nitrogens with zero attached hydrogens (tertiary/aromatic N) is 4. The fraction of sp³-hybridized carbons (Fsp3) is 0.667. The molecule has 0 spiro atoms. The summed E-state index contributed by atoms with van der Waals surface area (Å²) < 4.78 is 0. The number of hydrogen-bond donors (Lipinski definition) is 4. The van der Waals surface area contributed by atoms with E-state index in [2.05, 4.69) is 25.7 Å². The summed E-state index contributed by atoms with van der Waals surface area (Å²) in [5.74, 6) is -1.62. The van der Waals surface area contributed by atoms with Gasteiger partial charge in [0.2, 0.25) is 5.54 Å². The number of rotatable bonds is 8. The molecule has 0 heterocycles. The molecule has 4 N–H and O–H groups in total. The van der Waals surface area contributed by atoms with Crippen molar-refractivity contribution in [3.63, 3.8) is 0 Å². The van der Waals surface area contributed by atoms with Crippen LogP contribution in [0.4, 0.5) is 0 Å². The molecule has 0 radical (unpaired) electrons. The Kier molecular flexibility index (Phi) is 7.66. The van der Waals surface area contributed by atoms with Crippen molar-refractivity contribution < 1.29 is 19.8 Å². The molecule has 0 saturated heterocycles. The van der Waals surface area contributed by atoms with Gasteiger partial charge in [0, 0.05) is 20.0 Å². The zero-order chi connectivity index (χ0) is 17.2. The molecule has 2 atom stereocenters. The van der Waals surface area contributed by atoms with E-state index in [0.717, 1.165) is 0 Å². The van der Waals surface area contributed by atoms with E-state index in [1.807, 2.05) is 0 Å². The van der Waals surface area contributed by atoms with E-state index in [0.29, 0.717) is 0 Å². The quantitative estimate of drug-likeness (QED) is 0.320. The molecule has 0 aromatic carbocycles. The summed E-state index contributed by atoms with van der Waals surface area (Å²) in [5.41, 5.74) is -3.89. The van der Waals surface area contributed by atoms with Gasteiger partial charge in [-0.3, -0.25) is 14.4 Å². The van der Waals surface area contributed by atoms with Crippen molar-refractivity contribution >= 4 is 11.8 Å². The first-order chi connectivity index (χ1) is 10.3. The second-order valence-electron chi connectivity index (χ2n) is 4.48. The van der Waals surface area contributed by atoms with Crippen LogP contribution >= 0.6 is 0 Å². The average Bonchev–Trinajstić information content (AvgIpc) is 2.54. The van der Waals surface area contributed by atoms with Gasteiger partial charge in [0.1, 0.15) is 6.07 Å². The van der Waals surface area contributed by atoms with Crippen LogP contribution in [0.15, 0.2) is 10.2 Å². The first kappa shape index (κ1) is 19.4. The molecular weight excluding hydrogens is 292 g/mol. The van der Waals surface area contributed by atoms with Crippen molar-refractivity contribution in [3.05, 3.63) is 11.4 Å². The first-order valence-corrected chi connectivity index (χ1v) is 6.32. The van der Waals surface area contributed by atoms with Crippen molar-refractivity contribution in [2.75, 3.05) is 26.3 Å².